The zero-order valence-electron chi connectivity index (χ0n) is 11.6. The van der Waals surface area contributed by atoms with Gasteiger partial charge in [-0.15, -0.1) is 0 Å². The maximum Gasteiger partial charge on any atom is 0.179 e. The number of rotatable bonds is 4. The van der Waals surface area contributed by atoms with Gasteiger partial charge in [0.1, 0.15) is 22.4 Å². The molecule has 0 radical (unpaired) electrons. The third-order valence-corrected chi connectivity index (χ3v) is 3.31. The third-order valence-electron chi connectivity index (χ3n) is 2.80. The summed E-state index contributed by atoms with van der Waals surface area (Å²) in [4.78, 5) is -1.65. The first-order valence-corrected chi connectivity index (χ1v) is 6.48. The Hall–Kier alpha value is -2.28. The molecule has 1 aromatic rings. The van der Waals surface area contributed by atoms with Crippen molar-refractivity contribution in [2.75, 3.05) is 0 Å². The summed E-state index contributed by atoms with van der Waals surface area (Å²) >= 11 is -1.13. The number of halogens is 8. The minimum absolute atomic E-state index is 0.521. The fraction of sp³-hybridized carbons (Fsp3) is 0.0714. The molecule has 0 N–H and O–H groups in total. The van der Waals surface area contributed by atoms with E-state index < -0.39 is 74.5 Å². The van der Waals surface area contributed by atoms with Crippen molar-refractivity contribution in [2.24, 2.45) is 0 Å². The molecular formula is C14H5F8NS. The molecule has 24 heavy (non-hydrogen) atoms. The molecule has 0 aliphatic carbocycles. The highest BCUT2D eigenvalue weighted by atomic mass is 32.2. The molecule has 0 aliphatic rings. The van der Waals surface area contributed by atoms with E-state index in [0.717, 1.165) is 6.07 Å². The molecule has 0 amide bonds. The van der Waals surface area contributed by atoms with Crippen LogP contribution in [0.15, 0.2) is 34.5 Å². The van der Waals surface area contributed by atoms with E-state index in [0.29, 0.717) is 6.92 Å². The quantitative estimate of drug-likeness (QED) is 0.274. The van der Waals surface area contributed by atoms with E-state index >= 15 is 0 Å². The molecule has 0 spiro atoms. The maximum atomic E-state index is 13.9. The van der Waals surface area contributed by atoms with E-state index in [1.807, 2.05) is 0 Å². The highest BCUT2D eigenvalue weighted by Crippen LogP contribution is 2.37. The number of nitriles is 1. The van der Waals surface area contributed by atoms with E-state index in [4.69, 9.17) is 5.26 Å². The Labute approximate surface area is 134 Å². The molecule has 0 heterocycles. The van der Waals surface area contributed by atoms with Crippen molar-refractivity contribution in [3.63, 3.8) is 0 Å². The number of allylic oxidation sites excluding steroid dienone is 5. The summed E-state index contributed by atoms with van der Waals surface area (Å²) in [6.07, 6.45) is 0. The zero-order valence-corrected chi connectivity index (χ0v) is 12.4. The summed E-state index contributed by atoms with van der Waals surface area (Å²) < 4.78 is 107. The summed E-state index contributed by atoms with van der Waals surface area (Å²) in [5, 5.41) is 8.48. The van der Waals surface area contributed by atoms with Gasteiger partial charge in [-0.3, -0.25) is 0 Å². The van der Waals surface area contributed by atoms with Gasteiger partial charge in [-0.05, 0) is 6.92 Å². The molecule has 128 valence electrons. The summed E-state index contributed by atoms with van der Waals surface area (Å²) in [7, 11) is 0. The summed E-state index contributed by atoms with van der Waals surface area (Å²) in [6.45, 7) is 3.08. The molecular weight excluding hydrogens is 366 g/mol. The fourth-order valence-electron chi connectivity index (χ4n) is 1.62. The normalized spacial score (nSPS) is 13.2. The van der Waals surface area contributed by atoms with Crippen LogP contribution in [-0.4, -0.2) is 0 Å². The number of benzene rings is 1. The van der Waals surface area contributed by atoms with Crippen LogP contribution < -0.4 is 0 Å². The van der Waals surface area contributed by atoms with Crippen molar-refractivity contribution in [2.45, 2.75) is 11.8 Å². The SMILES string of the molecule is C=C(F)/C(C#N)=C(F)\C(F)=C(/C)c1c(F)c(F)c(SF)c(F)c1F. The Bertz CT molecular complexity index is 790. The highest BCUT2D eigenvalue weighted by Gasteiger charge is 2.29. The van der Waals surface area contributed by atoms with E-state index in [9.17, 15) is 34.6 Å². The minimum Gasteiger partial charge on any atom is -0.206 e. The van der Waals surface area contributed by atoms with Crippen LogP contribution in [0.5, 0.6) is 0 Å². The van der Waals surface area contributed by atoms with E-state index in [2.05, 4.69) is 6.58 Å². The van der Waals surface area contributed by atoms with Gasteiger partial charge in [-0.1, -0.05) is 6.58 Å². The Morgan fingerprint density at radius 3 is 1.75 bits per heavy atom. The Balaban J connectivity index is 3.81. The van der Waals surface area contributed by atoms with Crippen LogP contribution in [-0.2, 0) is 0 Å². The summed E-state index contributed by atoms with van der Waals surface area (Å²) in [5.74, 6) is -14.7. The van der Waals surface area contributed by atoms with Gasteiger partial charge in [0.05, 0.1) is 17.7 Å². The van der Waals surface area contributed by atoms with E-state index in [1.165, 1.54) is 0 Å². The van der Waals surface area contributed by atoms with Crippen molar-refractivity contribution >= 4 is 17.7 Å². The van der Waals surface area contributed by atoms with Crippen molar-refractivity contribution in [3.8, 4) is 6.07 Å². The van der Waals surface area contributed by atoms with Crippen LogP contribution in [0.4, 0.5) is 34.6 Å². The van der Waals surface area contributed by atoms with Gasteiger partial charge in [-0.2, -0.15) is 9.15 Å². The molecule has 0 aliphatic heterocycles. The second-order valence-corrected chi connectivity index (χ2v) is 4.74. The lowest BCUT2D eigenvalue weighted by Gasteiger charge is -2.11. The average Bonchev–Trinajstić information content (AvgIpc) is 2.53. The van der Waals surface area contributed by atoms with Crippen LogP contribution in [0, 0.1) is 34.6 Å². The van der Waals surface area contributed by atoms with Gasteiger partial charge < -0.3 is 0 Å². The van der Waals surface area contributed by atoms with E-state index in [-0.39, 0.29) is 0 Å². The molecule has 0 bridgehead atoms. The predicted octanol–water partition coefficient (Wildman–Crippen LogP) is 6.15. The minimum atomic E-state index is -2.19. The van der Waals surface area contributed by atoms with Crippen molar-refractivity contribution in [1.82, 2.24) is 0 Å². The molecule has 1 nitrogen and oxygen atoms in total. The number of nitrogens with zero attached hydrogens (tertiary/aromatic N) is 1. The molecule has 0 unspecified atom stereocenters. The standard InChI is InChI=1S/C14H5F8NS/c1-4(8(16)9(17)6(3-23)5(2)15)7-10(18)12(20)14(24-22)13(21)11(7)19/h2H2,1H3/b8-4-,9-6+. The molecule has 10 heteroatoms. The Kier molecular flexibility index (Phi) is 6.20. The molecule has 0 saturated heterocycles. The van der Waals surface area contributed by atoms with Gasteiger partial charge in [-0.25, -0.2) is 30.7 Å². The second-order valence-electron chi connectivity index (χ2n) is 4.18. The molecule has 0 aromatic heterocycles. The number of hydrogen-bond donors (Lipinski definition) is 0. The molecule has 1 aromatic carbocycles. The van der Waals surface area contributed by atoms with Crippen molar-refractivity contribution < 1.29 is 34.6 Å². The summed E-state index contributed by atoms with van der Waals surface area (Å²) in [5.41, 5.74) is -4.49. The Morgan fingerprint density at radius 2 is 1.42 bits per heavy atom. The summed E-state index contributed by atoms with van der Waals surface area (Å²) in [6, 6.07) is 0.926. The molecule has 0 saturated carbocycles. The highest BCUT2D eigenvalue weighted by molar-refractivity contribution is 7.94. The van der Waals surface area contributed by atoms with Gasteiger partial charge in [0, 0.05) is 5.57 Å². The first kappa shape index (κ1) is 19.8. The van der Waals surface area contributed by atoms with E-state index in [1.54, 1.807) is 0 Å². The Morgan fingerprint density at radius 1 is 0.958 bits per heavy atom. The van der Waals surface area contributed by atoms with Crippen LogP contribution >= 0.6 is 12.1 Å². The van der Waals surface area contributed by atoms with Crippen molar-refractivity contribution in [1.29, 1.82) is 5.26 Å². The van der Waals surface area contributed by atoms with Crippen LogP contribution in [0.2, 0.25) is 0 Å². The van der Waals surface area contributed by atoms with Crippen LogP contribution in [0.3, 0.4) is 0 Å². The zero-order chi connectivity index (χ0) is 18.8. The first-order chi connectivity index (χ1) is 11.1. The maximum absolute atomic E-state index is 13.9. The van der Waals surface area contributed by atoms with Gasteiger partial charge in [0.15, 0.2) is 34.9 Å². The van der Waals surface area contributed by atoms with Gasteiger partial charge in [0.25, 0.3) is 0 Å². The van der Waals surface area contributed by atoms with Crippen molar-refractivity contribution in [3.05, 3.63) is 58.5 Å². The smallest absolute Gasteiger partial charge is 0.179 e. The average molecular weight is 371 g/mol. The lowest BCUT2D eigenvalue weighted by Crippen LogP contribution is -2.05. The largest absolute Gasteiger partial charge is 0.206 e. The van der Waals surface area contributed by atoms with Gasteiger partial charge >= 0.3 is 0 Å². The lowest BCUT2D eigenvalue weighted by atomic mass is 10.0. The van der Waals surface area contributed by atoms with Crippen LogP contribution in [0.25, 0.3) is 5.57 Å². The lowest BCUT2D eigenvalue weighted by molar-refractivity contribution is 0.420. The first-order valence-electron chi connectivity index (χ1n) is 5.76. The predicted molar refractivity (Wildman–Crippen MR) is 70.9 cm³/mol. The molecule has 0 atom stereocenters. The topological polar surface area (TPSA) is 23.8 Å². The third kappa shape index (κ3) is 3.31. The second kappa shape index (κ2) is 7.53. The number of hydrogen-bond acceptors (Lipinski definition) is 2. The van der Waals surface area contributed by atoms with Crippen LogP contribution in [0.1, 0.15) is 12.5 Å². The molecule has 1 rings (SSSR count). The molecule has 0 fully saturated rings. The monoisotopic (exact) mass is 371 g/mol. The van der Waals surface area contributed by atoms with Gasteiger partial charge in [0.2, 0.25) is 0 Å². The fourth-order valence-corrected chi connectivity index (χ4v) is 1.94.